The van der Waals surface area contributed by atoms with Gasteiger partial charge in [-0.1, -0.05) is 25.2 Å². The van der Waals surface area contributed by atoms with E-state index in [0.717, 1.165) is 11.4 Å². The summed E-state index contributed by atoms with van der Waals surface area (Å²) in [5, 5.41) is 14.2. The van der Waals surface area contributed by atoms with Gasteiger partial charge in [0.05, 0.1) is 5.69 Å². The highest BCUT2D eigenvalue weighted by Gasteiger charge is 2.21. The normalized spacial score (nSPS) is 13.0. The molecule has 2 heterocycles. The Morgan fingerprint density at radius 3 is 2.81 bits per heavy atom. The third kappa shape index (κ3) is 3.27. The Bertz CT molecular complexity index is 709. The number of hydrogen-bond acceptors (Lipinski definition) is 6. The van der Waals surface area contributed by atoms with Crippen molar-refractivity contribution < 1.29 is 9.90 Å². The van der Waals surface area contributed by atoms with Gasteiger partial charge in [-0.25, -0.2) is 4.98 Å². The smallest absolute Gasteiger partial charge is 0.320 e. The molecular formula is C13H18N4O3S. The van der Waals surface area contributed by atoms with E-state index in [-0.39, 0.29) is 5.56 Å². The molecule has 0 amide bonds. The van der Waals surface area contributed by atoms with Gasteiger partial charge < -0.3 is 5.11 Å². The van der Waals surface area contributed by atoms with Gasteiger partial charge >= 0.3 is 5.97 Å². The highest BCUT2D eigenvalue weighted by atomic mass is 32.1. The van der Waals surface area contributed by atoms with Crippen molar-refractivity contribution in [1.82, 2.24) is 19.5 Å². The molecule has 0 saturated carbocycles. The van der Waals surface area contributed by atoms with Crippen LogP contribution in [0.15, 0.2) is 10.9 Å². The van der Waals surface area contributed by atoms with Crippen molar-refractivity contribution in [3.63, 3.8) is 0 Å². The van der Waals surface area contributed by atoms with Crippen molar-refractivity contribution in [1.29, 1.82) is 0 Å². The molecule has 114 valence electrons. The number of aliphatic carboxylic acids is 1. The molecule has 21 heavy (non-hydrogen) atoms. The minimum absolute atomic E-state index is 0.234. The van der Waals surface area contributed by atoms with Crippen molar-refractivity contribution in [3.8, 4) is 0 Å². The number of aryl methyl sites for hydroxylation is 1. The first-order valence-corrected chi connectivity index (χ1v) is 7.59. The van der Waals surface area contributed by atoms with Gasteiger partial charge in [0.15, 0.2) is 0 Å². The maximum Gasteiger partial charge on any atom is 0.320 e. The fraction of sp³-hybridized carbons (Fsp3) is 0.538. The van der Waals surface area contributed by atoms with Gasteiger partial charge in [-0.05, 0) is 19.9 Å². The number of carboxylic acids is 1. The summed E-state index contributed by atoms with van der Waals surface area (Å²) in [7, 11) is 1.72. The van der Waals surface area contributed by atoms with Crippen molar-refractivity contribution in [3.05, 3.63) is 27.1 Å². The third-order valence-corrected chi connectivity index (χ3v) is 4.31. The van der Waals surface area contributed by atoms with Crippen LogP contribution in [0.4, 0.5) is 0 Å². The van der Waals surface area contributed by atoms with E-state index >= 15 is 0 Å². The molecule has 0 aliphatic rings. The molecule has 0 spiro atoms. The van der Waals surface area contributed by atoms with Crippen LogP contribution in [0.1, 0.15) is 31.0 Å². The molecule has 7 nitrogen and oxygen atoms in total. The Morgan fingerprint density at radius 1 is 1.52 bits per heavy atom. The number of carboxylic acid groups (broad SMARTS) is 1. The molecule has 2 aromatic rings. The summed E-state index contributed by atoms with van der Waals surface area (Å²) in [5.41, 5.74) is 0.330. The second-order valence-electron chi connectivity index (χ2n) is 4.81. The molecular weight excluding hydrogens is 292 g/mol. The molecule has 2 rings (SSSR count). The topological polar surface area (TPSA) is 87.8 Å². The van der Waals surface area contributed by atoms with Crippen molar-refractivity contribution in [2.75, 3.05) is 7.05 Å². The van der Waals surface area contributed by atoms with Gasteiger partial charge in [-0.3, -0.25) is 14.5 Å². The van der Waals surface area contributed by atoms with Crippen LogP contribution in [0.2, 0.25) is 0 Å². The van der Waals surface area contributed by atoms with Gasteiger partial charge in [-0.15, -0.1) is 0 Å². The standard InChI is InChI=1S/C13H18N4O3S/c1-4-9(12(19)20)16(3)7-8-6-11(18)17-13(14-8)21-10(5-2)15-17/h6,9H,4-5,7H2,1-3H3,(H,19,20). The van der Waals surface area contributed by atoms with Crippen LogP contribution in [-0.4, -0.2) is 43.7 Å². The minimum atomic E-state index is -0.871. The third-order valence-electron chi connectivity index (χ3n) is 3.26. The summed E-state index contributed by atoms with van der Waals surface area (Å²) >= 11 is 1.38. The van der Waals surface area contributed by atoms with E-state index in [9.17, 15) is 9.59 Å². The predicted molar refractivity (Wildman–Crippen MR) is 79.7 cm³/mol. The number of nitrogens with zero attached hydrogens (tertiary/aromatic N) is 4. The average molecular weight is 310 g/mol. The average Bonchev–Trinajstić information content (AvgIpc) is 2.82. The highest BCUT2D eigenvalue weighted by Crippen LogP contribution is 2.13. The van der Waals surface area contributed by atoms with Crippen molar-refractivity contribution in [2.45, 2.75) is 39.3 Å². The quantitative estimate of drug-likeness (QED) is 0.856. The van der Waals surface area contributed by atoms with Crippen molar-refractivity contribution >= 4 is 22.3 Å². The summed E-state index contributed by atoms with van der Waals surface area (Å²) in [6.07, 6.45) is 1.24. The number of rotatable bonds is 6. The van der Waals surface area contributed by atoms with E-state index in [1.807, 2.05) is 13.8 Å². The first-order valence-electron chi connectivity index (χ1n) is 6.78. The second-order valence-corrected chi connectivity index (χ2v) is 5.85. The fourth-order valence-electron chi connectivity index (χ4n) is 2.16. The molecule has 1 atom stereocenters. The number of hydrogen-bond donors (Lipinski definition) is 1. The van der Waals surface area contributed by atoms with E-state index in [1.165, 1.54) is 21.9 Å². The van der Waals surface area contributed by atoms with Gasteiger partial charge in [0.1, 0.15) is 11.0 Å². The molecule has 1 unspecified atom stereocenters. The van der Waals surface area contributed by atoms with Gasteiger partial charge in [0, 0.05) is 12.6 Å². The van der Waals surface area contributed by atoms with Crippen LogP contribution in [0, 0.1) is 0 Å². The second kappa shape index (κ2) is 6.31. The molecule has 1 N–H and O–H groups in total. The maximum absolute atomic E-state index is 12.0. The highest BCUT2D eigenvalue weighted by molar-refractivity contribution is 7.16. The van der Waals surface area contributed by atoms with Crippen LogP contribution >= 0.6 is 11.3 Å². The van der Waals surface area contributed by atoms with Crippen LogP contribution in [0.5, 0.6) is 0 Å². The molecule has 0 saturated heterocycles. The van der Waals surface area contributed by atoms with E-state index in [1.54, 1.807) is 11.9 Å². The van der Waals surface area contributed by atoms with Gasteiger partial charge in [0.2, 0.25) is 4.96 Å². The lowest BCUT2D eigenvalue weighted by Crippen LogP contribution is -2.37. The molecule has 0 fully saturated rings. The lowest BCUT2D eigenvalue weighted by atomic mass is 10.2. The molecule has 8 heteroatoms. The summed E-state index contributed by atoms with van der Waals surface area (Å²) in [6.45, 7) is 4.10. The van der Waals surface area contributed by atoms with Crippen LogP contribution < -0.4 is 5.56 Å². The number of aromatic nitrogens is 3. The largest absolute Gasteiger partial charge is 0.480 e. The molecule has 0 aliphatic carbocycles. The van der Waals surface area contributed by atoms with E-state index in [2.05, 4.69) is 10.1 Å². The zero-order valence-corrected chi connectivity index (χ0v) is 13.1. The number of carbonyl (C=O) groups is 1. The van der Waals surface area contributed by atoms with Crippen LogP contribution in [-0.2, 0) is 17.8 Å². The minimum Gasteiger partial charge on any atom is -0.480 e. The molecule has 0 aromatic carbocycles. The number of fused-ring (bicyclic) bond motifs is 1. The Labute approximate surface area is 125 Å². The zero-order chi connectivity index (χ0) is 15.6. The Kier molecular flexibility index (Phi) is 4.69. The Hall–Kier alpha value is -1.80. The zero-order valence-electron chi connectivity index (χ0n) is 12.2. The lowest BCUT2D eigenvalue weighted by molar-refractivity contribution is -0.143. The molecule has 0 bridgehead atoms. The SMILES string of the molecule is CCc1nn2c(=O)cc(CN(C)C(CC)C(=O)O)nc2s1. The van der Waals surface area contributed by atoms with Crippen LogP contribution in [0.3, 0.4) is 0 Å². The van der Waals surface area contributed by atoms with E-state index in [0.29, 0.717) is 23.6 Å². The Morgan fingerprint density at radius 2 is 2.24 bits per heavy atom. The summed E-state index contributed by atoms with van der Waals surface area (Å²) in [6, 6.07) is 0.829. The maximum atomic E-state index is 12.0. The van der Waals surface area contributed by atoms with Gasteiger partial charge in [-0.2, -0.15) is 9.61 Å². The first-order chi connectivity index (χ1) is 9.96. The van der Waals surface area contributed by atoms with Crippen LogP contribution in [0.25, 0.3) is 4.96 Å². The monoisotopic (exact) mass is 310 g/mol. The fourth-order valence-corrected chi connectivity index (χ4v) is 3.02. The van der Waals surface area contributed by atoms with Crippen molar-refractivity contribution in [2.24, 2.45) is 0 Å². The molecule has 0 aliphatic heterocycles. The molecule has 0 radical (unpaired) electrons. The lowest BCUT2D eigenvalue weighted by Gasteiger charge is -2.22. The Balaban J connectivity index is 2.30. The first kappa shape index (κ1) is 15.6. The van der Waals surface area contributed by atoms with E-state index < -0.39 is 12.0 Å². The summed E-state index contributed by atoms with van der Waals surface area (Å²) in [5.74, 6) is -0.871. The summed E-state index contributed by atoms with van der Waals surface area (Å²) in [4.78, 5) is 29.8. The molecule has 2 aromatic heterocycles. The predicted octanol–water partition coefficient (Wildman–Crippen LogP) is 1.01. The van der Waals surface area contributed by atoms with E-state index in [4.69, 9.17) is 5.11 Å². The summed E-state index contributed by atoms with van der Waals surface area (Å²) < 4.78 is 1.29. The van der Waals surface area contributed by atoms with Gasteiger partial charge in [0.25, 0.3) is 5.56 Å². The number of likely N-dealkylation sites (N-methyl/N-ethyl adjacent to an activating group) is 1.